The molecule has 1 fully saturated rings. The van der Waals surface area contributed by atoms with Crippen molar-refractivity contribution in [1.29, 1.82) is 0 Å². The van der Waals surface area contributed by atoms with Gasteiger partial charge in [-0.2, -0.15) is 0 Å². The first-order valence-electron chi connectivity index (χ1n) is 8.65. The van der Waals surface area contributed by atoms with Gasteiger partial charge < -0.3 is 18.8 Å². The van der Waals surface area contributed by atoms with Gasteiger partial charge in [-0.3, -0.25) is 4.79 Å². The average Bonchev–Trinajstić information content (AvgIpc) is 3.28. The lowest BCUT2D eigenvalue weighted by atomic mass is 10.1. The van der Waals surface area contributed by atoms with E-state index in [1.165, 1.54) is 13.4 Å². The van der Waals surface area contributed by atoms with Gasteiger partial charge in [0.15, 0.2) is 21.3 Å². The molecule has 27 heavy (non-hydrogen) atoms. The normalized spacial score (nSPS) is 18.2. The molecule has 1 aliphatic rings. The Kier molecular flexibility index (Phi) is 5.74. The Morgan fingerprint density at radius 1 is 1.22 bits per heavy atom. The molecule has 146 valence electrons. The number of rotatable bonds is 7. The molecule has 1 atom stereocenters. The molecular weight excluding hydrogens is 370 g/mol. The van der Waals surface area contributed by atoms with Crippen LogP contribution in [0.2, 0.25) is 0 Å². The summed E-state index contributed by atoms with van der Waals surface area (Å²) in [5, 5.41) is 0. The first kappa shape index (κ1) is 19.3. The second kappa shape index (κ2) is 8.04. The highest BCUT2D eigenvalue weighted by molar-refractivity contribution is 7.91. The summed E-state index contributed by atoms with van der Waals surface area (Å²) in [5.41, 5.74) is 0.767. The molecule has 0 bridgehead atoms. The predicted molar refractivity (Wildman–Crippen MR) is 99.6 cm³/mol. The van der Waals surface area contributed by atoms with Crippen LogP contribution in [-0.4, -0.2) is 51.0 Å². The van der Waals surface area contributed by atoms with Crippen molar-refractivity contribution in [2.75, 3.05) is 25.7 Å². The molecule has 2 heterocycles. The minimum Gasteiger partial charge on any atom is -0.493 e. The van der Waals surface area contributed by atoms with Gasteiger partial charge in [-0.25, -0.2) is 8.42 Å². The molecule has 0 spiro atoms. The molecule has 1 saturated heterocycles. The minimum absolute atomic E-state index is 0.00855. The maximum absolute atomic E-state index is 13.0. The Hall–Kier alpha value is -2.48. The van der Waals surface area contributed by atoms with Gasteiger partial charge in [0, 0.05) is 6.04 Å². The van der Waals surface area contributed by atoms with Gasteiger partial charge >= 0.3 is 0 Å². The van der Waals surface area contributed by atoms with Crippen LogP contribution in [0.25, 0.3) is 0 Å². The van der Waals surface area contributed by atoms with Crippen LogP contribution < -0.4 is 9.47 Å². The summed E-state index contributed by atoms with van der Waals surface area (Å²) < 4.78 is 39.7. The zero-order valence-corrected chi connectivity index (χ0v) is 16.2. The SMILES string of the molecule is COc1ccc(CC(=O)N(Cc2ccco2)[C@H]2CCS(=O)(=O)C2)cc1OC. The van der Waals surface area contributed by atoms with Crippen molar-refractivity contribution >= 4 is 15.7 Å². The van der Waals surface area contributed by atoms with Gasteiger partial charge in [0.25, 0.3) is 0 Å². The lowest BCUT2D eigenvalue weighted by Crippen LogP contribution is -2.41. The van der Waals surface area contributed by atoms with Crippen molar-refractivity contribution < 1.29 is 27.1 Å². The maximum atomic E-state index is 13.0. The first-order valence-corrected chi connectivity index (χ1v) is 10.5. The third kappa shape index (κ3) is 4.63. The van der Waals surface area contributed by atoms with Crippen LogP contribution in [-0.2, 0) is 27.6 Å². The summed E-state index contributed by atoms with van der Waals surface area (Å²) >= 11 is 0. The molecule has 0 saturated carbocycles. The highest BCUT2D eigenvalue weighted by Gasteiger charge is 2.35. The molecule has 0 unspecified atom stereocenters. The topological polar surface area (TPSA) is 86.0 Å². The fourth-order valence-corrected chi connectivity index (χ4v) is 5.01. The molecule has 0 radical (unpaired) electrons. The molecule has 1 aliphatic heterocycles. The van der Waals surface area contributed by atoms with E-state index in [0.29, 0.717) is 23.7 Å². The quantitative estimate of drug-likeness (QED) is 0.716. The van der Waals surface area contributed by atoms with E-state index in [0.717, 1.165) is 5.56 Å². The van der Waals surface area contributed by atoms with Gasteiger partial charge in [0.2, 0.25) is 5.91 Å². The zero-order valence-electron chi connectivity index (χ0n) is 15.4. The number of carbonyl (C=O) groups excluding carboxylic acids is 1. The van der Waals surface area contributed by atoms with E-state index in [-0.39, 0.29) is 36.4 Å². The van der Waals surface area contributed by atoms with Crippen LogP contribution in [0.3, 0.4) is 0 Å². The van der Waals surface area contributed by atoms with Crippen molar-refractivity contribution in [3.63, 3.8) is 0 Å². The molecule has 0 N–H and O–H groups in total. The molecule has 7 nitrogen and oxygen atoms in total. The number of ether oxygens (including phenoxy) is 2. The summed E-state index contributed by atoms with van der Waals surface area (Å²) in [6, 6.07) is 8.49. The van der Waals surface area contributed by atoms with E-state index >= 15 is 0 Å². The summed E-state index contributed by atoms with van der Waals surface area (Å²) in [5.74, 6) is 1.70. The van der Waals surface area contributed by atoms with E-state index in [4.69, 9.17) is 13.9 Å². The van der Waals surface area contributed by atoms with Gasteiger partial charge in [0.05, 0.1) is 45.0 Å². The van der Waals surface area contributed by atoms with E-state index in [1.54, 1.807) is 42.3 Å². The van der Waals surface area contributed by atoms with Crippen LogP contribution in [0.5, 0.6) is 11.5 Å². The third-order valence-corrected chi connectivity index (χ3v) is 6.43. The molecule has 3 rings (SSSR count). The highest BCUT2D eigenvalue weighted by atomic mass is 32.2. The van der Waals surface area contributed by atoms with Crippen LogP contribution in [0, 0.1) is 0 Å². The summed E-state index contributed by atoms with van der Waals surface area (Å²) in [4.78, 5) is 14.6. The molecule has 1 amide bonds. The van der Waals surface area contributed by atoms with Gasteiger partial charge in [-0.1, -0.05) is 6.07 Å². The zero-order chi connectivity index (χ0) is 19.4. The fourth-order valence-electron chi connectivity index (χ4n) is 3.28. The smallest absolute Gasteiger partial charge is 0.227 e. The van der Waals surface area contributed by atoms with Gasteiger partial charge in [0.1, 0.15) is 5.76 Å². The predicted octanol–water partition coefficient (Wildman–Crippen LogP) is 2.06. The monoisotopic (exact) mass is 393 g/mol. The highest BCUT2D eigenvalue weighted by Crippen LogP contribution is 2.28. The number of hydrogen-bond acceptors (Lipinski definition) is 6. The largest absolute Gasteiger partial charge is 0.493 e. The number of furan rings is 1. The average molecular weight is 393 g/mol. The fraction of sp³-hybridized carbons (Fsp3) is 0.421. The number of nitrogens with zero attached hydrogens (tertiary/aromatic N) is 1. The Balaban J connectivity index is 1.80. The number of amides is 1. The lowest BCUT2D eigenvalue weighted by Gasteiger charge is -2.27. The van der Waals surface area contributed by atoms with Crippen LogP contribution in [0.1, 0.15) is 17.7 Å². The van der Waals surface area contributed by atoms with Crippen molar-refractivity contribution in [3.8, 4) is 11.5 Å². The molecular formula is C19H23NO6S. The van der Waals surface area contributed by atoms with Crippen molar-refractivity contribution in [1.82, 2.24) is 4.90 Å². The number of carbonyl (C=O) groups is 1. The summed E-state index contributed by atoms with van der Waals surface area (Å²) in [6.07, 6.45) is 2.12. The second-order valence-electron chi connectivity index (χ2n) is 6.52. The van der Waals surface area contributed by atoms with Gasteiger partial charge in [-0.05, 0) is 36.2 Å². The number of hydrogen-bond donors (Lipinski definition) is 0. The molecule has 0 aliphatic carbocycles. The summed E-state index contributed by atoms with van der Waals surface area (Å²) in [7, 11) is -0.0188. The summed E-state index contributed by atoms with van der Waals surface area (Å²) in [6.45, 7) is 0.249. The number of benzene rings is 1. The standard InChI is InChI=1S/C19H23NO6S/c1-24-17-6-5-14(10-18(17)25-2)11-19(21)20(12-16-4-3-8-26-16)15-7-9-27(22,23)13-15/h3-6,8,10,15H,7,9,11-13H2,1-2H3/t15-/m0/s1. The van der Waals surface area contributed by atoms with E-state index in [1.807, 2.05) is 0 Å². The van der Waals surface area contributed by atoms with Crippen LogP contribution >= 0.6 is 0 Å². The first-order chi connectivity index (χ1) is 12.9. The second-order valence-corrected chi connectivity index (χ2v) is 8.75. The van der Waals surface area contributed by atoms with Crippen LogP contribution in [0.4, 0.5) is 0 Å². The minimum atomic E-state index is -3.11. The van der Waals surface area contributed by atoms with E-state index in [9.17, 15) is 13.2 Å². The van der Waals surface area contributed by atoms with Gasteiger partial charge in [-0.15, -0.1) is 0 Å². The number of methoxy groups -OCH3 is 2. The van der Waals surface area contributed by atoms with Crippen molar-refractivity contribution in [2.24, 2.45) is 0 Å². The lowest BCUT2D eigenvalue weighted by molar-refractivity contribution is -0.133. The van der Waals surface area contributed by atoms with Crippen molar-refractivity contribution in [2.45, 2.75) is 25.4 Å². The van der Waals surface area contributed by atoms with Crippen molar-refractivity contribution in [3.05, 3.63) is 47.9 Å². The Morgan fingerprint density at radius 3 is 2.59 bits per heavy atom. The Bertz CT molecular complexity index is 891. The number of sulfone groups is 1. The molecule has 1 aromatic heterocycles. The Morgan fingerprint density at radius 2 is 2.00 bits per heavy atom. The molecule has 1 aromatic carbocycles. The van der Waals surface area contributed by atoms with E-state index in [2.05, 4.69) is 0 Å². The van der Waals surface area contributed by atoms with Crippen LogP contribution in [0.15, 0.2) is 41.0 Å². The third-order valence-electron chi connectivity index (χ3n) is 4.68. The molecule has 8 heteroatoms. The molecule has 2 aromatic rings. The Labute approximate surface area is 158 Å². The van der Waals surface area contributed by atoms with E-state index < -0.39 is 9.84 Å². The maximum Gasteiger partial charge on any atom is 0.227 e.